The molecule has 1 aromatic carbocycles. The Morgan fingerprint density at radius 3 is 2.63 bits per heavy atom. The molecule has 6 nitrogen and oxygen atoms in total. The molecule has 1 fully saturated rings. The van der Waals surface area contributed by atoms with Gasteiger partial charge in [0.25, 0.3) is 5.91 Å². The Hall–Kier alpha value is -2.30. The van der Waals surface area contributed by atoms with Crippen molar-refractivity contribution < 1.29 is 14.0 Å². The number of thiophene rings is 1. The maximum Gasteiger partial charge on any atom is 0.253 e. The van der Waals surface area contributed by atoms with Gasteiger partial charge in [-0.2, -0.15) is 0 Å². The molecular weight excluding hydrogens is 443 g/mol. The van der Waals surface area contributed by atoms with Crippen LogP contribution in [-0.4, -0.2) is 40.0 Å². The van der Waals surface area contributed by atoms with E-state index < -0.39 is 0 Å². The quantitative estimate of drug-likeness (QED) is 0.431. The number of anilines is 1. The average Bonchev–Trinajstić information content (AvgIpc) is 3.44. The van der Waals surface area contributed by atoms with Crippen LogP contribution in [0.2, 0.25) is 0 Å². The molecule has 0 aliphatic carbocycles. The molecule has 0 spiro atoms. The lowest BCUT2D eigenvalue weighted by Crippen LogP contribution is -2.41. The van der Waals surface area contributed by atoms with Crippen LogP contribution < -0.4 is 5.32 Å². The van der Waals surface area contributed by atoms with E-state index in [1.54, 1.807) is 28.0 Å². The maximum absolute atomic E-state index is 13.0. The van der Waals surface area contributed by atoms with Crippen LogP contribution >= 0.6 is 34.4 Å². The zero-order valence-corrected chi connectivity index (χ0v) is 18.4. The normalized spacial score (nSPS) is 14.6. The number of amides is 2. The van der Waals surface area contributed by atoms with Crippen molar-refractivity contribution in [2.75, 3.05) is 18.4 Å². The minimum absolute atomic E-state index is 0.0881. The molecule has 0 saturated carbocycles. The summed E-state index contributed by atoms with van der Waals surface area (Å²) in [6, 6.07) is 9.63. The molecule has 1 N–H and O–H groups in total. The van der Waals surface area contributed by atoms with Crippen molar-refractivity contribution in [3.63, 3.8) is 0 Å². The fraction of sp³-hybridized carbons (Fsp3) is 0.300. The fourth-order valence-corrected chi connectivity index (χ4v) is 5.70. The lowest BCUT2D eigenvalue weighted by molar-refractivity contribution is -0.121. The van der Waals surface area contributed by atoms with Gasteiger partial charge in [0, 0.05) is 35.2 Å². The average molecular weight is 463 g/mol. The van der Waals surface area contributed by atoms with Crippen molar-refractivity contribution >= 4 is 51.4 Å². The number of nitrogens with zero attached hydrogens (tertiary/aromatic N) is 3. The van der Waals surface area contributed by atoms with Gasteiger partial charge in [-0.3, -0.25) is 9.59 Å². The van der Waals surface area contributed by atoms with E-state index in [1.165, 1.54) is 40.5 Å². The Morgan fingerprint density at radius 2 is 1.93 bits per heavy atom. The van der Waals surface area contributed by atoms with Crippen LogP contribution in [0.25, 0.3) is 0 Å². The minimum atomic E-state index is -0.369. The van der Waals surface area contributed by atoms with E-state index in [1.807, 2.05) is 11.4 Å². The number of hydrogen-bond donors (Lipinski definition) is 1. The third kappa shape index (κ3) is 5.24. The standard InChI is InChI=1S/C20H19FN4O2S3/c21-15-5-3-14(4-6-15)18(27)25-9-7-13(8-10-25)17(26)22-19-23-24-20(30-19)29-12-16-2-1-11-28-16/h1-6,11,13H,7-10,12H2,(H,22,23,26). The van der Waals surface area contributed by atoms with Crippen LogP contribution in [0.5, 0.6) is 0 Å². The Morgan fingerprint density at radius 1 is 1.17 bits per heavy atom. The second-order valence-corrected chi connectivity index (χ2v) is 10.0. The van der Waals surface area contributed by atoms with Gasteiger partial charge in [-0.25, -0.2) is 4.39 Å². The zero-order valence-electron chi connectivity index (χ0n) is 15.9. The smallest absolute Gasteiger partial charge is 0.253 e. The molecular formula is C20H19FN4O2S3. The van der Waals surface area contributed by atoms with E-state index in [4.69, 9.17) is 0 Å². The number of likely N-dealkylation sites (tertiary alicyclic amines) is 1. The first-order valence-corrected chi connectivity index (χ1v) is 12.1. The highest BCUT2D eigenvalue weighted by molar-refractivity contribution is 8.00. The molecule has 1 saturated heterocycles. The molecule has 1 aliphatic rings. The summed E-state index contributed by atoms with van der Waals surface area (Å²) in [6.45, 7) is 0.985. The van der Waals surface area contributed by atoms with Gasteiger partial charge in [-0.1, -0.05) is 29.2 Å². The second kappa shape index (κ2) is 9.67. The number of aromatic nitrogens is 2. The first kappa shape index (κ1) is 21.0. The van der Waals surface area contributed by atoms with Crippen molar-refractivity contribution in [3.8, 4) is 0 Å². The Balaban J connectivity index is 1.25. The SMILES string of the molecule is O=C(Nc1nnc(SCc2cccs2)s1)C1CCN(C(=O)c2ccc(F)cc2)CC1. The monoisotopic (exact) mass is 462 g/mol. The molecule has 10 heteroatoms. The van der Waals surface area contributed by atoms with E-state index in [0.717, 1.165) is 10.1 Å². The Labute approximate surface area is 185 Å². The molecule has 156 valence electrons. The summed E-state index contributed by atoms with van der Waals surface area (Å²) in [6.07, 6.45) is 1.16. The number of carbonyl (C=O) groups is 2. The zero-order chi connectivity index (χ0) is 20.9. The summed E-state index contributed by atoms with van der Waals surface area (Å²) in [5, 5.41) is 13.6. The van der Waals surface area contributed by atoms with Gasteiger partial charge >= 0.3 is 0 Å². The lowest BCUT2D eigenvalue weighted by atomic mass is 9.95. The molecule has 2 aromatic heterocycles. The number of hydrogen-bond acceptors (Lipinski definition) is 7. The van der Waals surface area contributed by atoms with E-state index in [0.29, 0.717) is 36.6 Å². The third-order valence-corrected chi connectivity index (χ3v) is 7.88. The van der Waals surface area contributed by atoms with Gasteiger partial charge in [0.15, 0.2) is 4.34 Å². The molecule has 0 bridgehead atoms. The fourth-order valence-electron chi connectivity index (χ4n) is 3.17. The summed E-state index contributed by atoms with van der Waals surface area (Å²) in [5.74, 6) is 0.0705. The van der Waals surface area contributed by atoms with Gasteiger partial charge in [-0.05, 0) is 48.6 Å². The number of rotatable bonds is 6. The van der Waals surface area contributed by atoms with Crippen molar-refractivity contribution in [2.24, 2.45) is 5.92 Å². The third-order valence-electron chi connectivity index (χ3n) is 4.80. The summed E-state index contributed by atoms with van der Waals surface area (Å²) in [7, 11) is 0. The van der Waals surface area contributed by atoms with Crippen molar-refractivity contribution in [1.82, 2.24) is 15.1 Å². The topological polar surface area (TPSA) is 75.2 Å². The van der Waals surface area contributed by atoms with Crippen LogP contribution in [0.4, 0.5) is 9.52 Å². The van der Waals surface area contributed by atoms with E-state index in [2.05, 4.69) is 21.6 Å². The summed E-state index contributed by atoms with van der Waals surface area (Å²) >= 11 is 4.67. The largest absolute Gasteiger partial charge is 0.339 e. The number of halogens is 1. The second-order valence-electron chi connectivity index (χ2n) is 6.80. The van der Waals surface area contributed by atoms with Crippen molar-refractivity contribution in [1.29, 1.82) is 0 Å². The predicted molar refractivity (Wildman–Crippen MR) is 117 cm³/mol. The summed E-state index contributed by atoms with van der Waals surface area (Å²) in [5.41, 5.74) is 0.459. The van der Waals surface area contributed by atoms with E-state index in [-0.39, 0.29) is 23.5 Å². The first-order valence-electron chi connectivity index (χ1n) is 9.43. The highest BCUT2D eigenvalue weighted by Crippen LogP contribution is 2.30. The van der Waals surface area contributed by atoms with Crippen molar-refractivity contribution in [3.05, 3.63) is 58.0 Å². The van der Waals surface area contributed by atoms with Crippen LogP contribution in [0.3, 0.4) is 0 Å². The Kier molecular flexibility index (Phi) is 6.76. The molecule has 3 aromatic rings. The number of nitrogens with one attached hydrogen (secondary N) is 1. The minimum Gasteiger partial charge on any atom is -0.339 e. The van der Waals surface area contributed by atoms with Gasteiger partial charge in [-0.15, -0.1) is 21.5 Å². The first-order chi connectivity index (χ1) is 14.6. The highest BCUT2D eigenvalue weighted by atomic mass is 32.2. The Bertz CT molecular complexity index is 1000. The van der Waals surface area contributed by atoms with Crippen LogP contribution in [-0.2, 0) is 10.5 Å². The van der Waals surface area contributed by atoms with E-state index >= 15 is 0 Å². The highest BCUT2D eigenvalue weighted by Gasteiger charge is 2.28. The predicted octanol–water partition coefficient (Wildman–Crippen LogP) is 4.52. The molecule has 0 radical (unpaired) electrons. The molecule has 4 rings (SSSR count). The molecule has 2 amide bonds. The van der Waals surface area contributed by atoms with Crippen molar-refractivity contribution in [2.45, 2.75) is 22.9 Å². The molecule has 0 atom stereocenters. The van der Waals surface area contributed by atoms with Gasteiger partial charge < -0.3 is 10.2 Å². The van der Waals surface area contributed by atoms with Gasteiger partial charge in [0.05, 0.1) is 0 Å². The number of piperidine rings is 1. The maximum atomic E-state index is 13.0. The van der Waals surface area contributed by atoms with E-state index in [9.17, 15) is 14.0 Å². The molecule has 3 heterocycles. The lowest BCUT2D eigenvalue weighted by Gasteiger charge is -2.31. The van der Waals surface area contributed by atoms with Gasteiger partial charge in [0.1, 0.15) is 5.82 Å². The van der Waals surface area contributed by atoms with Crippen LogP contribution in [0.15, 0.2) is 46.1 Å². The number of thioether (sulfide) groups is 1. The molecule has 1 aliphatic heterocycles. The molecule has 30 heavy (non-hydrogen) atoms. The number of benzene rings is 1. The van der Waals surface area contributed by atoms with Gasteiger partial charge in [0.2, 0.25) is 11.0 Å². The molecule has 0 unspecified atom stereocenters. The number of carbonyl (C=O) groups excluding carboxylic acids is 2. The summed E-state index contributed by atoms with van der Waals surface area (Å²) in [4.78, 5) is 28.1. The van der Waals surface area contributed by atoms with Crippen LogP contribution in [0, 0.1) is 11.7 Å². The summed E-state index contributed by atoms with van der Waals surface area (Å²) < 4.78 is 13.9. The van der Waals surface area contributed by atoms with Crippen LogP contribution in [0.1, 0.15) is 28.1 Å².